The van der Waals surface area contributed by atoms with E-state index in [0.717, 1.165) is 28.3 Å². The van der Waals surface area contributed by atoms with E-state index < -0.39 is 0 Å². The number of anilines is 4. The van der Waals surface area contributed by atoms with Gasteiger partial charge in [0.05, 0.1) is 12.8 Å². The smallest absolute Gasteiger partial charge is 0.249 e. The van der Waals surface area contributed by atoms with Crippen molar-refractivity contribution in [1.29, 1.82) is 0 Å². The van der Waals surface area contributed by atoms with Gasteiger partial charge in [0.25, 0.3) is 0 Å². The van der Waals surface area contributed by atoms with Crippen LogP contribution in [0.2, 0.25) is 0 Å². The summed E-state index contributed by atoms with van der Waals surface area (Å²) in [6.45, 7) is 6.70. The Morgan fingerprint density at radius 1 is 0.960 bits per heavy atom. The van der Waals surface area contributed by atoms with Crippen LogP contribution >= 0.6 is 0 Å². The van der Waals surface area contributed by atoms with Crippen LogP contribution in [0.5, 0.6) is 5.75 Å². The maximum absolute atomic E-state index is 5.44. The molecule has 2 N–H and O–H groups in total. The lowest BCUT2D eigenvalue weighted by atomic mass is 10.1. The molecule has 1 aromatic heterocycles. The van der Waals surface area contributed by atoms with Crippen LogP contribution in [0.1, 0.15) is 18.1 Å². The standard InChI is InChI=1S/C19H21N5O/c1-4-25-16-10-8-15(9-11-16)21-17-12-20-24-19(22-17)23-18-13(2)6-5-7-14(18)3/h5-12H,4H2,1-3H3,(H2,21,22,23,24). The van der Waals surface area contributed by atoms with Gasteiger partial charge in [-0.3, -0.25) is 0 Å². The Bertz CT molecular complexity index is 828. The van der Waals surface area contributed by atoms with E-state index in [9.17, 15) is 0 Å². The van der Waals surface area contributed by atoms with Gasteiger partial charge in [-0.15, -0.1) is 5.10 Å². The Kier molecular flexibility index (Phi) is 5.09. The van der Waals surface area contributed by atoms with Crippen molar-refractivity contribution in [2.45, 2.75) is 20.8 Å². The highest BCUT2D eigenvalue weighted by Crippen LogP contribution is 2.23. The third-order valence-electron chi connectivity index (χ3n) is 3.71. The Hall–Kier alpha value is -3.15. The van der Waals surface area contributed by atoms with Gasteiger partial charge >= 0.3 is 0 Å². The number of nitrogens with one attached hydrogen (secondary N) is 2. The van der Waals surface area contributed by atoms with Gasteiger partial charge in [-0.05, 0) is 56.2 Å². The van der Waals surface area contributed by atoms with Crippen molar-refractivity contribution in [1.82, 2.24) is 15.2 Å². The fourth-order valence-electron chi connectivity index (χ4n) is 2.49. The van der Waals surface area contributed by atoms with Crippen LogP contribution in [0.15, 0.2) is 48.7 Å². The molecule has 0 aliphatic rings. The lowest BCUT2D eigenvalue weighted by molar-refractivity contribution is 0.340. The Balaban J connectivity index is 1.75. The number of aromatic nitrogens is 3. The van der Waals surface area contributed by atoms with Crippen LogP contribution < -0.4 is 15.4 Å². The predicted molar refractivity (Wildman–Crippen MR) is 99.9 cm³/mol. The summed E-state index contributed by atoms with van der Waals surface area (Å²) in [7, 11) is 0. The van der Waals surface area contributed by atoms with Crippen molar-refractivity contribution in [2.75, 3.05) is 17.2 Å². The molecule has 0 amide bonds. The highest BCUT2D eigenvalue weighted by Gasteiger charge is 2.06. The lowest BCUT2D eigenvalue weighted by Crippen LogP contribution is -2.04. The SMILES string of the molecule is CCOc1ccc(Nc2cnnc(Nc3c(C)cccc3C)n2)cc1. The minimum atomic E-state index is 0.452. The zero-order valence-electron chi connectivity index (χ0n) is 14.6. The van der Waals surface area contributed by atoms with Gasteiger partial charge in [-0.25, -0.2) is 0 Å². The summed E-state index contributed by atoms with van der Waals surface area (Å²) >= 11 is 0. The van der Waals surface area contributed by atoms with Crippen molar-refractivity contribution in [3.05, 3.63) is 59.8 Å². The summed E-state index contributed by atoms with van der Waals surface area (Å²) < 4.78 is 5.44. The summed E-state index contributed by atoms with van der Waals surface area (Å²) in [5.41, 5.74) is 4.17. The van der Waals surface area contributed by atoms with Crippen LogP contribution in [0.3, 0.4) is 0 Å². The zero-order valence-corrected chi connectivity index (χ0v) is 14.6. The van der Waals surface area contributed by atoms with Gasteiger partial charge in [0.1, 0.15) is 5.75 Å². The molecule has 0 spiro atoms. The van der Waals surface area contributed by atoms with Gasteiger partial charge in [-0.1, -0.05) is 18.2 Å². The molecule has 0 aliphatic heterocycles. The molecule has 128 valence electrons. The average Bonchev–Trinajstić information content (AvgIpc) is 2.61. The first-order chi connectivity index (χ1) is 12.2. The molecule has 0 fully saturated rings. The Morgan fingerprint density at radius 2 is 1.68 bits per heavy atom. The summed E-state index contributed by atoms with van der Waals surface area (Å²) in [6.07, 6.45) is 1.59. The normalized spacial score (nSPS) is 10.4. The van der Waals surface area contributed by atoms with Crippen LogP contribution in [0.25, 0.3) is 0 Å². The first-order valence-corrected chi connectivity index (χ1v) is 8.18. The van der Waals surface area contributed by atoms with E-state index in [0.29, 0.717) is 18.4 Å². The Morgan fingerprint density at radius 3 is 2.36 bits per heavy atom. The van der Waals surface area contributed by atoms with E-state index in [4.69, 9.17) is 4.74 Å². The zero-order chi connectivity index (χ0) is 17.6. The number of rotatable bonds is 6. The molecule has 0 atom stereocenters. The van der Waals surface area contributed by atoms with Gasteiger partial charge in [0, 0.05) is 11.4 Å². The number of nitrogens with zero attached hydrogens (tertiary/aromatic N) is 3. The molecule has 6 nitrogen and oxygen atoms in total. The third kappa shape index (κ3) is 4.23. The first kappa shape index (κ1) is 16.7. The fraction of sp³-hybridized carbons (Fsp3) is 0.211. The first-order valence-electron chi connectivity index (χ1n) is 8.18. The van der Waals surface area contributed by atoms with Crippen molar-refractivity contribution in [2.24, 2.45) is 0 Å². The van der Waals surface area contributed by atoms with Crippen molar-refractivity contribution >= 4 is 23.1 Å². The maximum atomic E-state index is 5.44. The second-order valence-corrected chi connectivity index (χ2v) is 5.64. The second-order valence-electron chi connectivity index (χ2n) is 5.64. The molecule has 6 heteroatoms. The van der Waals surface area contributed by atoms with E-state index >= 15 is 0 Å². The highest BCUT2D eigenvalue weighted by atomic mass is 16.5. The molecule has 0 saturated carbocycles. The molecule has 0 radical (unpaired) electrons. The number of ether oxygens (including phenoxy) is 1. The minimum absolute atomic E-state index is 0.452. The van der Waals surface area contributed by atoms with Crippen LogP contribution in [-0.4, -0.2) is 21.8 Å². The topological polar surface area (TPSA) is 72.0 Å². The molecule has 2 aromatic carbocycles. The van der Waals surface area contributed by atoms with Crippen molar-refractivity contribution in [3.63, 3.8) is 0 Å². The van der Waals surface area contributed by atoms with Gasteiger partial charge < -0.3 is 15.4 Å². The fourth-order valence-corrected chi connectivity index (χ4v) is 2.49. The van der Waals surface area contributed by atoms with Gasteiger partial charge in [0.2, 0.25) is 5.95 Å². The van der Waals surface area contributed by atoms with Gasteiger partial charge in [-0.2, -0.15) is 10.1 Å². The predicted octanol–water partition coefficient (Wildman–Crippen LogP) is 4.37. The summed E-state index contributed by atoms with van der Waals surface area (Å²) in [5.74, 6) is 1.91. The maximum Gasteiger partial charge on any atom is 0.249 e. The monoisotopic (exact) mass is 335 g/mol. The number of benzene rings is 2. The number of para-hydroxylation sites is 1. The van der Waals surface area contributed by atoms with Crippen molar-refractivity contribution < 1.29 is 4.74 Å². The molecule has 25 heavy (non-hydrogen) atoms. The van der Waals surface area contributed by atoms with E-state index in [1.807, 2.05) is 63.2 Å². The van der Waals surface area contributed by atoms with Gasteiger partial charge in [0.15, 0.2) is 5.82 Å². The molecule has 0 unspecified atom stereocenters. The lowest BCUT2D eigenvalue weighted by Gasteiger charge is -2.12. The quantitative estimate of drug-likeness (QED) is 0.697. The molecular formula is C19H21N5O. The molecule has 1 heterocycles. The third-order valence-corrected chi connectivity index (χ3v) is 3.71. The second kappa shape index (κ2) is 7.61. The number of hydrogen-bond donors (Lipinski definition) is 2. The molecular weight excluding hydrogens is 314 g/mol. The van der Waals surface area contributed by atoms with Crippen LogP contribution in [0, 0.1) is 13.8 Å². The van der Waals surface area contributed by atoms with E-state index in [1.54, 1.807) is 6.20 Å². The highest BCUT2D eigenvalue weighted by molar-refractivity contribution is 5.64. The molecule has 0 aliphatic carbocycles. The molecule has 0 saturated heterocycles. The van der Waals surface area contributed by atoms with Crippen molar-refractivity contribution in [3.8, 4) is 5.75 Å². The van der Waals surface area contributed by atoms with E-state index in [2.05, 4.69) is 25.8 Å². The summed E-state index contributed by atoms with van der Waals surface area (Å²) in [6, 6.07) is 13.8. The number of aryl methyl sites for hydroxylation is 2. The largest absolute Gasteiger partial charge is 0.494 e. The van der Waals surface area contributed by atoms with Crippen LogP contribution in [0.4, 0.5) is 23.1 Å². The summed E-state index contributed by atoms with van der Waals surface area (Å²) in [5, 5.41) is 14.6. The molecule has 3 aromatic rings. The Labute approximate surface area is 147 Å². The van der Waals surface area contributed by atoms with Crippen LogP contribution in [-0.2, 0) is 0 Å². The summed E-state index contributed by atoms with van der Waals surface area (Å²) in [4.78, 5) is 4.48. The minimum Gasteiger partial charge on any atom is -0.494 e. The van der Waals surface area contributed by atoms with E-state index in [1.165, 1.54) is 0 Å². The number of hydrogen-bond acceptors (Lipinski definition) is 6. The average molecular weight is 335 g/mol. The van der Waals surface area contributed by atoms with E-state index in [-0.39, 0.29) is 0 Å². The molecule has 0 bridgehead atoms. The molecule has 3 rings (SSSR count).